The van der Waals surface area contributed by atoms with Crippen molar-refractivity contribution in [2.75, 3.05) is 0 Å². The molecule has 0 bridgehead atoms. The first-order valence-electron chi connectivity index (χ1n) is 6.53. The highest BCUT2D eigenvalue weighted by Crippen LogP contribution is 2.36. The number of benzene rings is 1. The maximum absolute atomic E-state index is 13.1. The Balaban J connectivity index is 2.54. The van der Waals surface area contributed by atoms with E-state index in [2.05, 4.69) is 10.5 Å². The van der Waals surface area contributed by atoms with Crippen LogP contribution in [-0.2, 0) is 19.6 Å². The molecule has 114 valence electrons. The first kappa shape index (κ1) is 15.5. The van der Waals surface area contributed by atoms with Gasteiger partial charge in [0.05, 0.1) is 23.0 Å². The van der Waals surface area contributed by atoms with Crippen LogP contribution in [-0.4, -0.2) is 9.78 Å². The van der Waals surface area contributed by atoms with Gasteiger partial charge < -0.3 is 0 Å². The van der Waals surface area contributed by atoms with Crippen molar-refractivity contribution < 1.29 is 13.2 Å². The molecule has 2 rings (SSSR count). The number of hydrogen-bond donors (Lipinski definition) is 2. The zero-order valence-corrected chi connectivity index (χ0v) is 11.8. The number of hydrogen-bond acceptors (Lipinski definition) is 3. The number of aryl methyl sites for hydroxylation is 2. The maximum Gasteiger partial charge on any atom is 0.416 e. The van der Waals surface area contributed by atoms with Gasteiger partial charge >= 0.3 is 6.18 Å². The van der Waals surface area contributed by atoms with Gasteiger partial charge in [-0.05, 0) is 24.1 Å². The molecule has 7 heteroatoms. The highest BCUT2D eigenvalue weighted by molar-refractivity contribution is 5.37. The van der Waals surface area contributed by atoms with Crippen molar-refractivity contribution in [1.29, 1.82) is 0 Å². The number of hydrazine groups is 1. The van der Waals surface area contributed by atoms with Crippen molar-refractivity contribution in [2.45, 2.75) is 25.6 Å². The molecule has 1 atom stereocenters. The van der Waals surface area contributed by atoms with Gasteiger partial charge in [0.2, 0.25) is 0 Å². The Morgan fingerprint density at radius 2 is 2.00 bits per heavy atom. The summed E-state index contributed by atoms with van der Waals surface area (Å²) in [5.41, 5.74) is 3.24. The Hall–Kier alpha value is -1.86. The van der Waals surface area contributed by atoms with Gasteiger partial charge in [-0.25, -0.2) is 5.43 Å². The molecule has 1 heterocycles. The van der Waals surface area contributed by atoms with Gasteiger partial charge in [0.15, 0.2) is 0 Å². The zero-order chi connectivity index (χ0) is 15.6. The van der Waals surface area contributed by atoms with Gasteiger partial charge in [0.25, 0.3) is 0 Å². The van der Waals surface area contributed by atoms with Crippen molar-refractivity contribution in [3.05, 3.63) is 52.8 Å². The molecule has 1 unspecified atom stereocenters. The van der Waals surface area contributed by atoms with Gasteiger partial charge in [0.1, 0.15) is 0 Å². The molecule has 0 saturated heterocycles. The van der Waals surface area contributed by atoms with Gasteiger partial charge in [-0.1, -0.05) is 25.1 Å². The average Bonchev–Trinajstić information content (AvgIpc) is 2.81. The summed E-state index contributed by atoms with van der Waals surface area (Å²) in [6.07, 6.45) is -3.73. The number of nitrogens with one attached hydrogen (secondary N) is 1. The molecule has 0 saturated carbocycles. The molecule has 0 aliphatic carbocycles. The summed E-state index contributed by atoms with van der Waals surface area (Å²) in [5, 5.41) is 4.26. The van der Waals surface area contributed by atoms with Crippen molar-refractivity contribution >= 4 is 0 Å². The highest BCUT2D eigenvalue weighted by atomic mass is 19.4. The maximum atomic E-state index is 13.1. The Morgan fingerprint density at radius 3 is 2.52 bits per heavy atom. The molecule has 0 aliphatic heterocycles. The predicted octanol–water partition coefficient (Wildman–Crippen LogP) is 2.55. The van der Waals surface area contributed by atoms with Gasteiger partial charge in [-0.2, -0.15) is 18.3 Å². The summed E-state index contributed by atoms with van der Waals surface area (Å²) in [4.78, 5) is 0. The fraction of sp³-hybridized carbons (Fsp3) is 0.357. The molecule has 0 aliphatic rings. The van der Waals surface area contributed by atoms with E-state index in [0.717, 1.165) is 11.8 Å². The minimum absolute atomic E-state index is 0.0816. The molecule has 0 spiro atoms. The summed E-state index contributed by atoms with van der Waals surface area (Å²) in [6, 6.07) is 6.38. The lowest BCUT2D eigenvalue weighted by molar-refractivity contribution is -0.138. The van der Waals surface area contributed by atoms with Crippen LogP contribution in [0.2, 0.25) is 0 Å². The van der Waals surface area contributed by atoms with Crippen LogP contribution in [0.3, 0.4) is 0 Å². The van der Waals surface area contributed by atoms with E-state index in [1.54, 1.807) is 23.9 Å². The lowest BCUT2D eigenvalue weighted by atomic mass is 9.97. The van der Waals surface area contributed by atoms with Gasteiger partial charge in [0, 0.05) is 7.05 Å². The molecule has 0 fully saturated rings. The molecular weight excluding hydrogens is 281 g/mol. The first-order valence-corrected chi connectivity index (χ1v) is 6.53. The Morgan fingerprint density at radius 1 is 1.33 bits per heavy atom. The van der Waals surface area contributed by atoms with Crippen LogP contribution in [0.15, 0.2) is 30.3 Å². The minimum atomic E-state index is -4.43. The van der Waals surface area contributed by atoms with E-state index in [9.17, 15) is 13.2 Å². The minimum Gasteiger partial charge on any atom is -0.271 e. The molecule has 21 heavy (non-hydrogen) atoms. The topological polar surface area (TPSA) is 55.9 Å². The smallest absolute Gasteiger partial charge is 0.271 e. The molecule has 0 radical (unpaired) electrons. The van der Waals surface area contributed by atoms with Crippen molar-refractivity contribution in [2.24, 2.45) is 12.9 Å². The molecule has 2 aromatic rings. The van der Waals surface area contributed by atoms with Crippen LogP contribution in [0, 0.1) is 0 Å². The van der Waals surface area contributed by atoms with Crippen molar-refractivity contribution in [3.8, 4) is 0 Å². The fourth-order valence-electron chi connectivity index (χ4n) is 2.33. The van der Waals surface area contributed by atoms with E-state index in [1.807, 2.05) is 6.92 Å². The summed E-state index contributed by atoms with van der Waals surface area (Å²) in [5.74, 6) is 5.51. The van der Waals surface area contributed by atoms with Crippen LogP contribution in [0.25, 0.3) is 0 Å². The number of alkyl halides is 3. The van der Waals surface area contributed by atoms with E-state index in [1.165, 1.54) is 12.1 Å². The highest BCUT2D eigenvalue weighted by Gasteiger charge is 2.35. The van der Waals surface area contributed by atoms with Gasteiger partial charge in [-0.15, -0.1) is 0 Å². The number of aromatic nitrogens is 2. The molecule has 4 nitrogen and oxygen atoms in total. The molecular formula is C14H17F3N4. The first-order chi connectivity index (χ1) is 9.88. The van der Waals surface area contributed by atoms with Crippen molar-refractivity contribution in [3.63, 3.8) is 0 Å². The third-order valence-electron chi connectivity index (χ3n) is 3.37. The third-order valence-corrected chi connectivity index (χ3v) is 3.37. The van der Waals surface area contributed by atoms with Crippen molar-refractivity contribution in [1.82, 2.24) is 15.2 Å². The van der Waals surface area contributed by atoms with E-state index >= 15 is 0 Å². The van der Waals surface area contributed by atoms with E-state index in [0.29, 0.717) is 12.1 Å². The Labute approximate surface area is 120 Å². The summed E-state index contributed by atoms with van der Waals surface area (Å²) >= 11 is 0. The van der Waals surface area contributed by atoms with E-state index in [4.69, 9.17) is 5.84 Å². The molecule has 3 N–H and O–H groups in total. The second-order valence-electron chi connectivity index (χ2n) is 4.72. The number of halogens is 3. The van der Waals surface area contributed by atoms with Crippen LogP contribution in [0.4, 0.5) is 13.2 Å². The Bertz CT molecular complexity index is 619. The second-order valence-corrected chi connectivity index (χ2v) is 4.72. The fourth-order valence-corrected chi connectivity index (χ4v) is 2.33. The van der Waals surface area contributed by atoms with Crippen LogP contribution in [0.5, 0.6) is 0 Å². The largest absolute Gasteiger partial charge is 0.416 e. The second kappa shape index (κ2) is 5.87. The summed E-state index contributed by atoms with van der Waals surface area (Å²) in [6.45, 7) is 1.93. The summed E-state index contributed by atoms with van der Waals surface area (Å²) in [7, 11) is 1.69. The number of nitrogens with two attached hydrogens (primary N) is 1. The predicted molar refractivity (Wildman–Crippen MR) is 73.2 cm³/mol. The van der Waals surface area contributed by atoms with E-state index < -0.39 is 17.8 Å². The lowest BCUT2D eigenvalue weighted by Crippen LogP contribution is -2.32. The third kappa shape index (κ3) is 3.08. The molecule has 1 aromatic heterocycles. The molecule has 1 aromatic carbocycles. The van der Waals surface area contributed by atoms with Crippen LogP contribution >= 0.6 is 0 Å². The normalized spacial score (nSPS) is 13.4. The van der Waals surface area contributed by atoms with Crippen LogP contribution < -0.4 is 11.3 Å². The Kier molecular flexibility index (Phi) is 4.34. The number of rotatable bonds is 4. The SMILES string of the molecule is CCc1cc(C(NN)c2ccccc2C(F)(F)F)n(C)n1. The van der Waals surface area contributed by atoms with E-state index in [-0.39, 0.29) is 5.56 Å². The standard InChI is InChI=1S/C14H17F3N4/c1-3-9-8-12(21(2)20-9)13(19-18)10-6-4-5-7-11(10)14(15,16)17/h4-8,13,19H,3,18H2,1-2H3. The number of nitrogens with zero attached hydrogens (tertiary/aromatic N) is 2. The monoisotopic (exact) mass is 298 g/mol. The summed E-state index contributed by atoms with van der Waals surface area (Å²) < 4.78 is 41.0. The molecule has 0 amide bonds. The quantitative estimate of drug-likeness (QED) is 0.674. The lowest BCUT2D eigenvalue weighted by Gasteiger charge is -2.21. The zero-order valence-electron chi connectivity index (χ0n) is 11.8. The average molecular weight is 298 g/mol. The van der Waals surface area contributed by atoms with Gasteiger partial charge in [-0.3, -0.25) is 10.5 Å². The van der Waals surface area contributed by atoms with Crippen LogP contribution in [0.1, 0.15) is 35.5 Å².